The van der Waals surface area contributed by atoms with Gasteiger partial charge in [0.2, 0.25) is 0 Å². The van der Waals surface area contributed by atoms with Crippen molar-refractivity contribution in [1.82, 2.24) is 9.80 Å². The number of nitrogens with one attached hydrogen (secondary N) is 1. The molecule has 28 heavy (non-hydrogen) atoms. The minimum Gasteiger partial charge on any atom is -0.465 e. The second kappa shape index (κ2) is 9.81. The molecule has 2 rings (SSSR count). The molecule has 1 aliphatic rings. The van der Waals surface area contributed by atoms with Crippen LogP contribution in [-0.4, -0.2) is 87.0 Å². The molecule has 3 N–H and O–H groups in total. The van der Waals surface area contributed by atoms with Gasteiger partial charge in [0.1, 0.15) is 0 Å². The van der Waals surface area contributed by atoms with Gasteiger partial charge >= 0.3 is 23.8 Å². The Kier molecular flexibility index (Phi) is 7.47. The number of esters is 2. The molecule has 0 aliphatic carbocycles. The Morgan fingerprint density at radius 3 is 2.25 bits per heavy atom. The van der Waals surface area contributed by atoms with Gasteiger partial charge in [-0.3, -0.25) is 14.5 Å². The summed E-state index contributed by atoms with van der Waals surface area (Å²) in [6.07, 6.45) is 0. The molecule has 0 radical (unpaired) electrons. The number of nitrogens with two attached hydrogens (primary N) is 1. The first-order chi connectivity index (χ1) is 13.4. The van der Waals surface area contributed by atoms with Crippen LogP contribution in [0.2, 0.25) is 0 Å². The Bertz CT molecular complexity index is 758. The quantitative estimate of drug-likeness (QED) is 0.497. The maximum absolute atomic E-state index is 12.5. The third-order valence-electron chi connectivity index (χ3n) is 4.39. The minimum atomic E-state index is -0.903. The van der Waals surface area contributed by atoms with Gasteiger partial charge in [0.25, 0.3) is 0 Å². The van der Waals surface area contributed by atoms with Gasteiger partial charge in [-0.2, -0.15) is 0 Å². The van der Waals surface area contributed by atoms with Crippen LogP contribution in [0.3, 0.4) is 0 Å². The van der Waals surface area contributed by atoms with E-state index in [0.29, 0.717) is 32.7 Å². The van der Waals surface area contributed by atoms with E-state index in [2.05, 4.69) is 19.7 Å². The molecule has 0 atom stereocenters. The number of benzene rings is 1. The first kappa shape index (κ1) is 21.3. The zero-order valence-corrected chi connectivity index (χ0v) is 15.9. The fourth-order valence-corrected chi connectivity index (χ4v) is 2.86. The first-order valence-corrected chi connectivity index (χ1v) is 8.74. The molecule has 0 aromatic heterocycles. The van der Waals surface area contributed by atoms with Crippen LogP contribution < -0.4 is 11.1 Å². The van der Waals surface area contributed by atoms with E-state index in [0.717, 1.165) is 6.54 Å². The highest BCUT2D eigenvalue weighted by Crippen LogP contribution is 2.20. The largest absolute Gasteiger partial charge is 0.465 e. The maximum Gasteiger partial charge on any atom is 0.339 e. The van der Waals surface area contributed by atoms with Crippen molar-refractivity contribution >= 4 is 29.4 Å². The van der Waals surface area contributed by atoms with E-state index in [1.54, 1.807) is 0 Å². The maximum atomic E-state index is 12.5. The van der Waals surface area contributed by atoms with Crippen molar-refractivity contribution in [2.24, 2.45) is 5.73 Å². The topological polar surface area (TPSA) is 131 Å². The molecule has 0 saturated carbocycles. The lowest BCUT2D eigenvalue weighted by Crippen LogP contribution is -2.52. The lowest BCUT2D eigenvalue weighted by atomic mass is 10.1. The number of ether oxygens (including phenoxy) is 2. The van der Waals surface area contributed by atoms with Gasteiger partial charge < -0.3 is 25.4 Å². The average Bonchev–Trinajstić information content (AvgIpc) is 2.72. The molecule has 1 fully saturated rings. The van der Waals surface area contributed by atoms with E-state index in [-0.39, 0.29) is 16.8 Å². The van der Waals surface area contributed by atoms with Gasteiger partial charge in [-0.25, -0.2) is 9.59 Å². The number of nitrogens with zero attached hydrogens (tertiary/aromatic N) is 2. The van der Waals surface area contributed by atoms with Gasteiger partial charge in [0.15, 0.2) is 0 Å². The first-order valence-electron chi connectivity index (χ1n) is 8.74. The van der Waals surface area contributed by atoms with Crippen LogP contribution in [0, 0.1) is 0 Å². The van der Waals surface area contributed by atoms with Gasteiger partial charge in [-0.15, -0.1) is 0 Å². The molecular weight excluding hydrogens is 368 g/mol. The zero-order valence-electron chi connectivity index (χ0n) is 15.9. The lowest BCUT2D eigenvalue weighted by molar-refractivity contribution is -0.144. The van der Waals surface area contributed by atoms with Crippen molar-refractivity contribution in [2.75, 3.05) is 58.8 Å². The summed E-state index contributed by atoms with van der Waals surface area (Å²) < 4.78 is 9.32. The number of carbonyl (C=O) groups is 4. The van der Waals surface area contributed by atoms with Gasteiger partial charge in [-0.1, -0.05) is 0 Å². The van der Waals surface area contributed by atoms with Gasteiger partial charge in [0, 0.05) is 39.3 Å². The second-order valence-corrected chi connectivity index (χ2v) is 6.12. The van der Waals surface area contributed by atoms with Crippen molar-refractivity contribution in [3.05, 3.63) is 29.3 Å². The molecule has 0 unspecified atom stereocenters. The summed E-state index contributed by atoms with van der Waals surface area (Å²) in [5, 5.41) is 2.41. The highest BCUT2D eigenvalue weighted by molar-refractivity contribution is 6.40. The highest BCUT2D eigenvalue weighted by Gasteiger charge is 2.27. The number of hydrogen-bond donors (Lipinski definition) is 2. The van der Waals surface area contributed by atoms with E-state index in [1.807, 2.05) is 0 Å². The molecule has 1 aromatic carbocycles. The Hall–Kier alpha value is -2.98. The molecule has 2 amide bonds. The number of anilines is 1. The smallest absolute Gasteiger partial charge is 0.339 e. The van der Waals surface area contributed by atoms with Crippen LogP contribution in [0.1, 0.15) is 20.7 Å². The SMILES string of the molecule is COC(=O)c1ccc(C(=O)OC)c(NC(=O)C(=O)N2CCN(CCN)CC2)c1. The van der Waals surface area contributed by atoms with Crippen LogP contribution in [-0.2, 0) is 19.1 Å². The Balaban J connectivity index is 2.14. The molecule has 0 bridgehead atoms. The summed E-state index contributed by atoms with van der Waals surface area (Å²) >= 11 is 0. The minimum absolute atomic E-state index is 0.00475. The van der Waals surface area contributed by atoms with Crippen LogP contribution in [0.5, 0.6) is 0 Å². The summed E-state index contributed by atoms with van der Waals surface area (Å²) in [7, 11) is 2.40. The molecule has 1 aliphatic heterocycles. The lowest BCUT2D eigenvalue weighted by Gasteiger charge is -2.34. The van der Waals surface area contributed by atoms with Crippen molar-refractivity contribution in [2.45, 2.75) is 0 Å². The van der Waals surface area contributed by atoms with E-state index in [9.17, 15) is 19.2 Å². The Morgan fingerprint density at radius 1 is 1.04 bits per heavy atom. The highest BCUT2D eigenvalue weighted by atomic mass is 16.5. The number of methoxy groups -OCH3 is 2. The second-order valence-electron chi connectivity index (χ2n) is 6.12. The van der Waals surface area contributed by atoms with E-state index in [4.69, 9.17) is 5.73 Å². The Labute approximate surface area is 162 Å². The predicted molar refractivity (Wildman–Crippen MR) is 99.8 cm³/mol. The molecule has 1 heterocycles. The summed E-state index contributed by atoms with van der Waals surface area (Å²) in [6.45, 7) is 3.32. The fraction of sp³-hybridized carbons (Fsp3) is 0.444. The third-order valence-corrected chi connectivity index (χ3v) is 4.39. The molecule has 10 heteroatoms. The number of hydrogen-bond acceptors (Lipinski definition) is 8. The molecule has 10 nitrogen and oxygen atoms in total. The van der Waals surface area contributed by atoms with Crippen LogP contribution in [0.25, 0.3) is 0 Å². The number of carbonyl (C=O) groups excluding carboxylic acids is 4. The predicted octanol–water partition coefficient (Wildman–Crippen LogP) is -0.699. The van der Waals surface area contributed by atoms with Crippen molar-refractivity contribution in [3.8, 4) is 0 Å². The molecule has 0 spiro atoms. The fourth-order valence-electron chi connectivity index (χ4n) is 2.86. The molecule has 152 valence electrons. The van der Waals surface area contributed by atoms with E-state index >= 15 is 0 Å². The van der Waals surface area contributed by atoms with Gasteiger partial charge in [-0.05, 0) is 18.2 Å². The standard InChI is InChI=1S/C18H24N4O6/c1-27-17(25)12-3-4-13(18(26)28-2)14(11-12)20-15(23)16(24)22-9-7-21(6-5-19)8-10-22/h3-4,11H,5-10,19H2,1-2H3,(H,20,23). The normalized spacial score (nSPS) is 14.3. The molecule has 1 saturated heterocycles. The van der Waals surface area contributed by atoms with Crippen LogP contribution >= 0.6 is 0 Å². The summed E-state index contributed by atoms with van der Waals surface area (Å²) in [4.78, 5) is 52.1. The summed E-state index contributed by atoms with van der Waals surface area (Å²) in [5.74, 6) is -2.98. The zero-order chi connectivity index (χ0) is 20.7. The number of rotatable bonds is 5. The monoisotopic (exact) mass is 392 g/mol. The average molecular weight is 392 g/mol. The van der Waals surface area contributed by atoms with Crippen molar-refractivity contribution < 1.29 is 28.7 Å². The summed E-state index contributed by atoms with van der Waals surface area (Å²) in [5.41, 5.74) is 5.66. The van der Waals surface area contributed by atoms with Crippen LogP contribution in [0.15, 0.2) is 18.2 Å². The van der Waals surface area contributed by atoms with E-state index in [1.165, 1.54) is 37.3 Å². The summed E-state index contributed by atoms with van der Waals surface area (Å²) in [6, 6.07) is 3.96. The van der Waals surface area contributed by atoms with Crippen molar-refractivity contribution in [1.29, 1.82) is 0 Å². The third kappa shape index (κ3) is 5.05. The molecule has 1 aromatic rings. The van der Waals surface area contributed by atoms with Crippen LogP contribution in [0.4, 0.5) is 5.69 Å². The number of amides is 2. The van der Waals surface area contributed by atoms with E-state index < -0.39 is 23.8 Å². The Morgan fingerprint density at radius 2 is 1.68 bits per heavy atom. The molecular formula is C18H24N4O6. The van der Waals surface area contributed by atoms with Gasteiger partial charge in [0.05, 0.1) is 31.0 Å². The number of piperazine rings is 1. The van der Waals surface area contributed by atoms with Crippen molar-refractivity contribution in [3.63, 3.8) is 0 Å².